The van der Waals surface area contributed by atoms with Gasteiger partial charge in [-0.25, -0.2) is 0 Å². The summed E-state index contributed by atoms with van der Waals surface area (Å²) in [7, 11) is 13.9. The highest BCUT2D eigenvalue weighted by molar-refractivity contribution is 5.85. The second kappa shape index (κ2) is 13.0. The molecule has 4 aliphatic rings. The molecule has 2 aromatic rings. The SMILES string of the molecule is CCc1cc(C(C)(CCC[N+](C)(C)C)CCC[N+](C)(C)C)cc2c1OC13Oc4c(cc(C(C)(C)C)cc4C(C)(C)C)C=[N+]1C1CCCCC1[N+]3=C2. The smallest absolute Gasteiger partial charge is 0.340 e. The molecule has 0 aromatic heterocycles. The molecule has 6 heteroatoms. The lowest BCUT2D eigenvalue weighted by atomic mass is 9.73. The van der Waals surface area contributed by atoms with Crippen LogP contribution in [0.25, 0.3) is 0 Å². The lowest BCUT2D eigenvalue weighted by Gasteiger charge is -2.35. The number of nitrogens with zero attached hydrogens (tertiary/aromatic N) is 4. The van der Waals surface area contributed by atoms with Gasteiger partial charge in [0.2, 0.25) is 12.1 Å². The first-order valence-electron chi connectivity index (χ1n) is 20.2. The monoisotopic (exact) mass is 701 g/mol. The van der Waals surface area contributed by atoms with Crippen LogP contribution in [-0.2, 0) is 22.7 Å². The van der Waals surface area contributed by atoms with E-state index in [1.807, 2.05) is 0 Å². The fraction of sp³-hybridized carbons (Fsp3) is 0.689. The number of benzene rings is 2. The molecule has 3 heterocycles. The number of quaternary nitrogens is 2. The third kappa shape index (κ3) is 7.43. The molecule has 280 valence electrons. The van der Waals surface area contributed by atoms with Gasteiger partial charge in [0.1, 0.15) is 0 Å². The third-order valence-corrected chi connectivity index (χ3v) is 12.3. The Kier molecular flexibility index (Phi) is 9.70. The Morgan fingerprint density at radius 2 is 1.16 bits per heavy atom. The van der Waals surface area contributed by atoms with Crippen LogP contribution in [0.3, 0.4) is 0 Å². The van der Waals surface area contributed by atoms with Crippen molar-refractivity contribution >= 4 is 12.4 Å². The largest absolute Gasteiger partial charge is 0.704 e. The number of fused-ring (bicyclic) bond motifs is 5. The zero-order valence-electron chi connectivity index (χ0n) is 35.0. The van der Waals surface area contributed by atoms with Crippen LogP contribution < -0.4 is 9.47 Å². The van der Waals surface area contributed by atoms with E-state index in [9.17, 15) is 0 Å². The van der Waals surface area contributed by atoms with Gasteiger partial charge in [0.05, 0.1) is 66.5 Å². The summed E-state index contributed by atoms with van der Waals surface area (Å²) >= 11 is 0. The van der Waals surface area contributed by atoms with E-state index in [2.05, 4.69) is 144 Å². The molecule has 1 spiro atoms. The van der Waals surface area contributed by atoms with Crippen molar-refractivity contribution in [2.24, 2.45) is 0 Å². The van der Waals surface area contributed by atoms with E-state index in [0.717, 1.165) is 39.7 Å². The van der Waals surface area contributed by atoms with E-state index in [1.54, 1.807) is 0 Å². The fourth-order valence-electron chi connectivity index (χ4n) is 9.14. The van der Waals surface area contributed by atoms with E-state index >= 15 is 0 Å². The summed E-state index contributed by atoms with van der Waals surface area (Å²) in [5.41, 5.74) is 7.82. The Morgan fingerprint density at radius 1 is 0.667 bits per heavy atom. The summed E-state index contributed by atoms with van der Waals surface area (Å²) in [6, 6.07) is 9.43. The quantitative estimate of drug-likeness (QED) is 0.184. The predicted octanol–water partition coefficient (Wildman–Crippen LogP) is 8.36. The van der Waals surface area contributed by atoms with Gasteiger partial charge in [0.15, 0.2) is 23.9 Å². The molecule has 6 nitrogen and oxygen atoms in total. The van der Waals surface area contributed by atoms with E-state index < -0.39 is 6.03 Å². The van der Waals surface area contributed by atoms with Crippen molar-refractivity contribution in [1.82, 2.24) is 0 Å². The summed E-state index contributed by atoms with van der Waals surface area (Å²) in [5, 5.41) is 0. The standard InChI is InChI=1S/C45H72N4O2/c1-15-32-26-36(44(8,22-18-24-48(9,10)11)23-19-25-49(12,13)14)28-33-30-46-38-20-16-17-21-39(38)47-31-34-27-35(42(2,3)4)29-37(43(5,6)7)41(34)51-45(46,47)50-40(32)33/h26-31,38-39H,15-25H2,1-14H3/q+4. The number of hydrogen-bond donors (Lipinski definition) is 0. The van der Waals surface area contributed by atoms with Crippen LogP contribution in [0.5, 0.6) is 11.5 Å². The van der Waals surface area contributed by atoms with Gasteiger partial charge in [-0.05, 0) is 90.0 Å². The van der Waals surface area contributed by atoms with Crippen molar-refractivity contribution in [3.8, 4) is 11.5 Å². The molecule has 0 amide bonds. The second-order valence-corrected chi connectivity index (χ2v) is 20.9. The average Bonchev–Trinajstić information content (AvgIpc) is 3.28. The summed E-state index contributed by atoms with van der Waals surface area (Å²) in [6.07, 6.45) is 15.4. The molecule has 2 fully saturated rings. The first-order chi connectivity index (χ1) is 23.5. The van der Waals surface area contributed by atoms with Gasteiger partial charge >= 0.3 is 6.03 Å². The van der Waals surface area contributed by atoms with Crippen molar-refractivity contribution in [3.05, 3.63) is 57.6 Å². The van der Waals surface area contributed by atoms with Gasteiger partial charge in [-0.3, -0.25) is 0 Å². The van der Waals surface area contributed by atoms with Crippen LogP contribution >= 0.6 is 0 Å². The molecule has 51 heavy (non-hydrogen) atoms. The van der Waals surface area contributed by atoms with Crippen LogP contribution in [0, 0.1) is 0 Å². The first-order valence-corrected chi connectivity index (χ1v) is 20.2. The van der Waals surface area contributed by atoms with Gasteiger partial charge in [0, 0.05) is 18.4 Å². The predicted molar refractivity (Wildman–Crippen MR) is 212 cm³/mol. The molecule has 3 aliphatic heterocycles. The molecule has 6 rings (SSSR count). The maximum absolute atomic E-state index is 7.46. The topological polar surface area (TPSA) is 24.5 Å². The molecule has 3 unspecified atom stereocenters. The highest BCUT2D eigenvalue weighted by atomic mass is 16.7. The van der Waals surface area contributed by atoms with E-state index in [-0.39, 0.29) is 16.2 Å². The van der Waals surface area contributed by atoms with Crippen LogP contribution in [-0.4, -0.2) is 104 Å². The van der Waals surface area contributed by atoms with Gasteiger partial charge in [-0.2, -0.15) is 0 Å². The summed E-state index contributed by atoms with van der Waals surface area (Å²) in [6.45, 7) is 21.1. The van der Waals surface area contributed by atoms with Gasteiger partial charge < -0.3 is 18.4 Å². The van der Waals surface area contributed by atoms with Crippen molar-refractivity contribution in [2.45, 2.75) is 148 Å². The first kappa shape index (κ1) is 38.0. The van der Waals surface area contributed by atoms with Crippen LogP contribution in [0.4, 0.5) is 0 Å². The highest BCUT2D eigenvalue weighted by Crippen LogP contribution is 2.49. The molecule has 1 saturated heterocycles. The summed E-state index contributed by atoms with van der Waals surface area (Å²) < 4.78 is 21.9. The minimum absolute atomic E-state index is 0.0382. The lowest BCUT2D eigenvalue weighted by Crippen LogP contribution is -2.60. The number of ether oxygens (including phenoxy) is 2. The molecular weight excluding hydrogens is 629 g/mol. The molecule has 0 N–H and O–H groups in total. The summed E-state index contributed by atoms with van der Waals surface area (Å²) in [5.74, 6) is 1.98. The second-order valence-electron chi connectivity index (χ2n) is 20.9. The van der Waals surface area contributed by atoms with E-state index in [1.165, 1.54) is 85.0 Å². The zero-order chi connectivity index (χ0) is 37.4. The van der Waals surface area contributed by atoms with Crippen LogP contribution in [0.2, 0.25) is 0 Å². The molecule has 0 radical (unpaired) electrons. The van der Waals surface area contributed by atoms with E-state index in [0.29, 0.717) is 12.1 Å². The number of hydrogen-bond acceptors (Lipinski definition) is 2. The normalized spacial score (nSPS) is 23.2. The van der Waals surface area contributed by atoms with Crippen LogP contribution in [0.15, 0.2) is 24.3 Å². The van der Waals surface area contributed by atoms with E-state index in [4.69, 9.17) is 9.47 Å². The average molecular weight is 701 g/mol. The molecule has 0 bridgehead atoms. The minimum atomic E-state index is -1.02. The third-order valence-electron chi connectivity index (χ3n) is 12.3. The Hall–Kier alpha value is -2.70. The highest BCUT2D eigenvalue weighted by Gasteiger charge is 2.76. The van der Waals surface area contributed by atoms with Gasteiger partial charge in [0.25, 0.3) is 0 Å². The van der Waals surface area contributed by atoms with Crippen molar-refractivity contribution < 1.29 is 27.6 Å². The van der Waals surface area contributed by atoms with Gasteiger partial charge in [-0.1, -0.05) is 76.7 Å². The van der Waals surface area contributed by atoms with Crippen molar-refractivity contribution in [3.63, 3.8) is 0 Å². The fourth-order valence-corrected chi connectivity index (χ4v) is 9.14. The molecule has 1 aliphatic carbocycles. The van der Waals surface area contributed by atoms with Gasteiger partial charge in [-0.15, -0.1) is 0 Å². The van der Waals surface area contributed by atoms with Crippen molar-refractivity contribution in [1.29, 1.82) is 0 Å². The maximum atomic E-state index is 7.46. The lowest BCUT2D eigenvalue weighted by molar-refractivity contribution is -0.870. The minimum Gasteiger partial charge on any atom is -0.340 e. The Bertz CT molecular complexity index is 1690. The molecule has 2 aromatic carbocycles. The number of rotatable bonds is 10. The Morgan fingerprint density at radius 3 is 1.63 bits per heavy atom. The molecule has 1 saturated carbocycles. The Labute approximate surface area is 311 Å². The number of aryl methyl sites for hydroxylation is 1. The van der Waals surface area contributed by atoms with Crippen LogP contribution in [0.1, 0.15) is 140 Å². The summed E-state index contributed by atoms with van der Waals surface area (Å²) in [4.78, 5) is 0. The molecule has 3 atom stereocenters. The molecular formula is C45H72N4O2+4. The zero-order valence-corrected chi connectivity index (χ0v) is 35.0. The van der Waals surface area contributed by atoms with Crippen molar-refractivity contribution in [2.75, 3.05) is 55.4 Å². The maximum Gasteiger partial charge on any atom is 0.704 e. The Balaban J connectivity index is 1.48.